The van der Waals surface area contributed by atoms with E-state index in [0.717, 1.165) is 32.4 Å². The third-order valence-electron chi connectivity index (χ3n) is 5.99. The highest BCUT2D eigenvalue weighted by Gasteiger charge is 2.60. The average Bonchev–Trinajstić information content (AvgIpc) is 2.99. The van der Waals surface area contributed by atoms with Crippen LogP contribution in [0.4, 0.5) is 0 Å². The summed E-state index contributed by atoms with van der Waals surface area (Å²) < 4.78 is 5.84. The van der Waals surface area contributed by atoms with E-state index in [4.69, 9.17) is 4.74 Å². The van der Waals surface area contributed by atoms with Gasteiger partial charge < -0.3 is 9.64 Å². The summed E-state index contributed by atoms with van der Waals surface area (Å²) in [4.78, 5) is 14.9. The Labute approximate surface area is 127 Å². The van der Waals surface area contributed by atoms with E-state index in [1.54, 1.807) is 0 Å². The van der Waals surface area contributed by atoms with Crippen LogP contribution < -0.4 is 5.32 Å². The molecule has 4 nitrogen and oxygen atoms in total. The van der Waals surface area contributed by atoms with Crippen molar-refractivity contribution < 1.29 is 9.53 Å². The minimum atomic E-state index is -0.152. The van der Waals surface area contributed by atoms with E-state index in [-0.39, 0.29) is 5.54 Å². The lowest BCUT2D eigenvalue weighted by Crippen LogP contribution is -2.44. The van der Waals surface area contributed by atoms with E-state index in [0.29, 0.717) is 24.1 Å². The number of nitrogens with zero attached hydrogens (tertiary/aromatic N) is 1. The minimum absolute atomic E-state index is 0.152. The van der Waals surface area contributed by atoms with Gasteiger partial charge in [-0.05, 0) is 57.3 Å². The van der Waals surface area contributed by atoms with Gasteiger partial charge in [0.25, 0.3) is 0 Å². The zero-order valence-corrected chi connectivity index (χ0v) is 13.0. The Morgan fingerprint density at radius 1 is 1.14 bits per heavy atom. The molecule has 2 heterocycles. The van der Waals surface area contributed by atoms with E-state index in [1.807, 2.05) is 0 Å². The van der Waals surface area contributed by atoms with Crippen molar-refractivity contribution in [1.29, 1.82) is 0 Å². The van der Waals surface area contributed by atoms with Gasteiger partial charge in [-0.3, -0.25) is 10.1 Å². The Hall–Kier alpha value is -0.610. The van der Waals surface area contributed by atoms with Crippen molar-refractivity contribution in [1.82, 2.24) is 10.2 Å². The predicted molar refractivity (Wildman–Crippen MR) is 80.8 cm³/mol. The molecule has 2 atom stereocenters. The average molecular weight is 292 g/mol. The maximum atomic E-state index is 12.8. The first kappa shape index (κ1) is 14.0. The summed E-state index contributed by atoms with van der Waals surface area (Å²) >= 11 is 0. The minimum Gasteiger partial charge on any atom is -0.378 e. The van der Waals surface area contributed by atoms with Crippen LogP contribution in [0.3, 0.4) is 0 Å². The van der Waals surface area contributed by atoms with Crippen LogP contribution in [-0.2, 0) is 9.53 Å². The highest BCUT2D eigenvalue weighted by Crippen LogP contribution is 2.45. The molecule has 2 aliphatic carbocycles. The van der Waals surface area contributed by atoms with E-state index < -0.39 is 0 Å². The molecule has 4 rings (SSSR count). The lowest BCUT2D eigenvalue weighted by Gasteiger charge is -2.31. The third kappa shape index (κ3) is 2.61. The molecule has 2 saturated carbocycles. The number of carbonyl (C=O) groups is 1. The van der Waals surface area contributed by atoms with Gasteiger partial charge in [0.15, 0.2) is 0 Å². The van der Waals surface area contributed by atoms with E-state index in [2.05, 4.69) is 10.2 Å². The van der Waals surface area contributed by atoms with Gasteiger partial charge in [-0.2, -0.15) is 0 Å². The third-order valence-corrected chi connectivity index (χ3v) is 5.99. The van der Waals surface area contributed by atoms with Gasteiger partial charge in [0.1, 0.15) is 0 Å². The fourth-order valence-electron chi connectivity index (χ4n) is 4.51. The summed E-state index contributed by atoms with van der Waals surface area (Å²) in [6.07, 6.45) is 12.7. The van der Waals surface area contributed by atoms with Gasteiger partial charge >= 0.3 is 0 Å². The first-order valence-corrected chi connectivity index (χ1v) is 8.99. The smallest absolute Gasteiger partial charge is 0.244 e. The molecule has 118 valence electrons. The fraction of sp³-hybridized carbons (Fsp3) is 0.941. The van der Waals surface area contributed by atoms with Crippen LogP contribution in [0.15, 0.2) is 0 Å². The van der Waals surface area contributed by atoms with Crippen LogP contribution in [0.5, 0.6) is 0 Å². The molecule has 4 aliphatic rings. The highest BCUT2D eigenvalue weighted by atomic mass is 16.5. The van der Waals surface area contributed by atoms with Gasteiger partial charge in [-0.25, -0.2) is 0 Å². The van der Waals surface area contributed by atoms with E-state index >= 15 is 0 Å². The number of rotatable bonds is 4. The first-order valence-electron chi connectivity index (χ1n) is 8.99. The molecular weight excluding hydrogens is 264 g/mol. The topological polar surface area (TPSA) is 41.6 Å². The molecule has 1 N–H and O–H groups in total. The monoisotopic (exact) mass is 292 g/mol. The van der Waals surface area contributed by atoms with Gasteiger partial charge in [0.05, 0.1) is 17.8 Å². The Bertz CT molecular complexity index is 396. The molecular formula is C17H28N2O2. The maximum absolute atomic E-state index is 12.8. The molecule has 2 unspecified atom stereocenters. The summed E-state index contributed by atoms with van der Waals surface area (Å²) in [6, 6.07) is 0. The van der Waals surface area contributed by atoms with Crippen molar-refractivity contribution >= 4 is 5.91 Å². The normalized spacial score (nSPS) is 35.8. The van der Waals surface area contributed by atoms with E-state index in [9.17, 15) is 4.79 Å². The van der Waals surface area contributed by atoms with Gasteiger partial charge in [-0.15, -0.1) is 0 Å². The maximum Gasteiger partial charge on any atom is 0.244 e. The van der Waals surface area contributed by atoms with Crippen molar-refractivity contribution in [3.63, 3.8) is 0 Å². The standard InChI is InChI=1S/C17H28N2O2/c20-16-17(9-10-17)18-15(13-5-1-2-6-13)19(16)11-8-14-7-3-4-12-21-14/h13-15,18H,1-12H2. The predicted octanol–water partition coefficient (Wildman–Crippen LogP) is 2.43. The van der Waals surface area contributed by atoms with Gasteiger partial charge in [0, 0.05) is 13.2 Å². The molecule has 2 aliphatic heterocycles. The van der Waals surface area contributed by atoms with Crippen LogP contribution in [0.25, 0.3) is 0 Å². The van der Waals surface area contributed by atoms with Gasteiger partial charge in [0.2, 0.25) is 5.91 Å². The van der Waals surface area contributed by atoms with Crippen molar-refractivity contribution in [3.8, 4) is 0 Å². The Balaban J connectivity index is 1.41. The Kier molecular flexibility index (Phi) is 3.70. The molecule has 0 aromatic heterocycles. The largest absolute Gasteiger partial charge is 0.378 e. The quantitative estimate of drug-likeness (QED) is 0.865. The Morgan fingerprint density at radius 2 is 1.90 bits per heavy atom. The van der Waals surface area contributed by atoms with Crippen molar-refractivity contribution in [2.45, 2.75) is 82.0 Å². The lowest BCUT2D eigenvalue weighted by molar-refractivity contribution is -0.131. The van der Waals surface area contributed by atoms with Crippen LogP contribution in [0, 0.1) is 5.92 Å². The molecule has 4 heteroatoms. The second-order valence-electron chi connectivity index (χ2n) is 7.49. The molecule has 1 spiro atoms. The SMILES string of the molecule is O=C1N(CCC2CCCCO2)C(C2CCCC2)NC12CC2. The zero-order chi connectivity index (χ0) is 14.3. The summed E-state index contributed by atoms with van der Waals surface area (Å²) in [5.41, 5.74) is -0.152. The molecule has 0 aromatic carbocycles. The van der Waals surface area contributed by atoms with E-state index in [1.165, 1.54) is 44.9 Å². The number of hydrogen-bond acceptors (Lipinski definition) is 3. The van der Waals surface area contributed by atoms with Crippen molar-refractivity contribution in [2.75, 3.05) is 13.2 Å². The van der Waals surface area contributed by atoms with Crippen LogP contribution in [-0.4, -0.2) is 41.8 Å². The summed E-state index contributed by atoms with van der Waals surface area (Å²) in [5.74, 6) is 1.07. The highest BCUT2D eigenvalue weighted by molar-refractivity contribution is 5.91. The summed E-state index contributed by atoms with van der Waals surface area (Å²) in [5, 5.41) is 3.71. The number of hydrogen-bond donors (Lipinski definition) is 1. The summed E-state index contributed by atoms with van der Waals surface area (Å²) in [6.45, 7) is 1.80. The van der Waals surface area contributed by atoms with Crippen LogP contribution in [0.1, 0.15) is 64.2 Å². The molecule has 4 fully saturated rings. The van der Waals surface area contributed by atoms with Gasteiger partial charge in [-0.1, -0.05) is 12.8 Å². The summed E-state index contributed by atoms with van der Waals surface area (Å²) in [7, 11) is 0. The molecule has 0 aromatic rings. The molecule has 1 amide bonds. The van der Waals surface area contributed by atoms with Crippen molar-refractivity contribution in [3.05, 3.63) is 0 Å². The van der Waals surface area contributed by atoms with Crippen molar-refractivity contribution in [2.24, 2.45) is 5.92 Å². The molecule has 0 radical (unpaired) electrons. The molecule has 2 saturated heterocycles. The lowest BCUT2D eigenvalue weighted by atomic mass is 10.0. The fourth-order valence-corrected chi connectivity index (χ4v) is 4.51. The molecule has 21 heavy (non-hydrogen) atoms. The molecule has 0 bridgehead atoms. The second kappa shape index (κ2) is 5.54. The van der Waals surface area contributed by atoms with Crippen LogP contribution in [0.2, 0.25) is 0 Å². The number of carbonyl (C=O) groups excluding carboxylic acids is 1. The number of ether oxygens (including phenoxy) is 1. The number of amides is 1. The second-order valence-corrected chi connectivity index (χ2v) is 7.49. The Morgan fingerprint density at radius 3 is 2.57 bits per heavy atom. The number of nitrogens with one attached hydrogen (secondary N) is 1. The zero-order valence-electron chi connectivity index (χ0n) is 13.0. The van der Waals surface area contributed by atoms with Crippen LogP contribution >= 0.6 is 0 Å². The first-order chi connectivity index (χ1) is 10.3.